The quantitative estimate of drug-likeness (QED) is 0.839. The third-order valence-electron chi connectivity index (χ3n) is 5.24. The van der Waals surface area contributed by atoms with Crippen molar-refractivity contribution in [3.8, 4) is 0 Å². The van der Waals surface area contributed by atoms with Crippen LogP contribution in [0.25, 0.3) is 0 Å². The summed E-state index contributed by atoms with van der Waals surface area (Å²) < 4.78 is 0. The van der Waals surface area contributed by atoms with Gasteiger partial charge in [0.25, 0.3) is 0 Å². The fourth-order valence-corrected chi connectivity index (χ4v) is 3.61. The fraction of sp³-hybridized carbons (Fsp3) is 0.381. The van der Waals surface area contributed by atoms with E-state index < -0.39 is 11.8 Å². The maximum absolute atomic E-state index is 13.0. The van der Waals surface area contributed by atoms with Gasteiger partial charge in [0.2, 0.25) is 0 Å². The molecule has 1 aromatic heterocycles. The van der Waals surface area contributed by atoms with Gasteiger partial charge in [0.05, 0.1) is 17.9 Å². The Morgan fingerprint density at radius 1 is 1.12 bits per heavy atom. The SMILES string of the molecule is Cc1cncc(NC(=O)C(=O)N2[C@@H](c3ccccc3)CC[C@H](C)[C@H]2C)c1. The lowest BCUT2D eigenvalue weighted by molar-refractivity contribution is -0.149. The molecule has 2 heterocycles. The zero-order valence-electron chi connectivity index (χ0n) is 15.5. The lowest BCUT2D eigenvalue weighted by atomic mass is 9.84. The summed E-state index contributed by atoms with van der Waals surface area (Å²) in [5, 5.41) is 2.69. The van der Waals surface area contributed by atoms with Gasteiger partial charge in [-0.3, -0.25) is 14.6 Å². The van der Waals surface area contributed by atoms with E-state index >= 15 is 0 Å². The smallest absolute Gasteiger partial charge is 0.313 e. The average Bonchev–Trinajstić information content (AvgIpc) is 2.64. The van der Waals surface area contributed by atoms with Crippen molar-refractivity contribution >= 4 is 17.5 Å². The van der Waals surface area contributed by atoms with Gasteiger partial charge in [0, 0.05) is 12.2 Å². The average molecular weight is 351 g/mol. The molecule has 0 radical (unpaired) electrons. The molecule has 26 heavy (non-hydrogen) atoms. The van der Waals surface area contributed by atoms with Crippen molar-refractivity contribution in [2.45, 2.75) is 45.7 Å². The van der Waals surface area contributed by atoms with Crippen molar-refractivity contribution in [2.24, 2.45) is 5.92 Å². The van der Waals surface area contributed by atoms with Crippen molar-refractivity contribution in [1.29, 1.82) is 0 Å². The molecule has 0 spiro atoms. The van der Waals surface area contributed by atoms with E-state index in [1.54, 1.807) is 23.4 Å². The van der Waals surface area contributed by atoms with Crippen LogP contribution in [0.1, 0.15) is 43.9 Å². The predicted molar refractivity (Wildman–Crippen MR) is 101 cm³/mol. The van der Waals surface area contributed by atoms with Gasteiger partial charge < -0.3 is 10.2 Å². The molecule has 5 heteroatoms. The molecule has 3 atom stereocenters. The fourth-order valence-electron chi connectivity index (χ4n) is 3.61. The molecule has 0 aliphatic carbocycles. The zero-order chi connectivity index (χ0) is 18.7. The van der Waals surface area contributed by atoms with E-state index in [4.69, 9.17) is 0 Å². The molecular formula is C21H25N3O2. The second-order valence-electron chi connectivity index (χ2n) is 7.14. The summed E-state index contributed by atoms with van der Waals surface area (Å²) in [6.45, 7) is 6.05. The number of nitrogens with zero attached hydrogens (tertiary/aromatic N) is 2. The molecule has 0 saturated carbocycles. The number of hydrogen-bond donors (Lipinski definition) is 1. The molecule has 3 rings (SSSR count). The Morgan fingerprint density at radius 2 is 1.85 bits per heavy atom. The van der Waals surface area contributed by atoms with Crippen molar-refractivity contribution in [3.05, 3.63) is 59.9 Å². The third-order valence-corrected chi connectivity index (χ3v) is 5.24. The van der Waals surface area contributed by atoms with Crippen molar-refractivity contribution in [3.63, 3.8) is 0 Å². The van der Waals surface area contributed by atoms with Crippen LogP contribution in [0.15, 0.2) is 48.8 Å². The van der Waals surface area contributed by atoms with Crippen LogP contribution in [0.5, 0.6) is 0 Å². The van der Waals surface area contributed by atoms with Crippen LogP contribution in [0.2, 0.25) is 0 Å². The van der Waals surface area contributed by atoms with Crippen molar-refractivity contribution < 1.29 is 9.59 Å². The minimum absolute atomic E-state index is 0.00263. The minimum atomic E-state index is -0.612. The molecule has 2 amide bonds. The Labute approximate surface area is 154 Å². The number of carbonyl (C=O) groups excluding carboxylic acids is 2. The summed E-state index contributed by atoms with van der Waals surface area (Å²) in [5.41, 5.74) is 2.54. The highest BCUT2D eigenvalue weighted by Crippen LogP contribution is 2.37. The highest BCUT2D eigenvalue weighted by atomic mass is 16.2. The number of likely N-dealkylation sites (tertiary alicyclic amines) is 1. The standard InChI is InChI=1S/C21H25N3O2/c1-14-11-18(13-22-12-14)23-20(25)21(26)24-16(3)15(2)9-10-19(24)17-7-5-4-6-8-17/h4-8,11-13,15-16,19H,9-10H2,1-3H3,(H,23,25)/t15-,16+,19+/m0/s1. The molecule has 1 fully saturated rings. The summed E-state index contributed by atoms with van der Waals surface area (Å²) in [6.07, 6.45) is 5.15. The molecule has 2 aromatic rings. The lowest BCUT2D eigenvalue weighted by Crippen LogP contribution is -2.51. The molecule has 1 aromatic carbocycles. The van der Waals surface area contributed by atoms with Crippen LogP contribution in [-0.2, 0) is 9.59 Å². The van der Waals surface area contributed by atoms with Crippen LogP contribution >= 0.6 is 0 Å². The van der Waals surface area contributed by atoms with E-state index in [1.165, 1.54) is 0 Å². The Hall–Kier alpha value is -2.69. The van der Waals surface area contributed by atoms with Gasteiger partial charge in [0.1, 0.15) is 0 Å². The zero-order valence-corrected chi connectivity index (χ0v) is 15.5. The highest BCUT2D eigenvalue weighted by Gasteiger charge is 2.38. The number of nitrogens with one attached hydrogen (secondary N) is 1. The molecule has 1 aliphatic heterocycles. The number of carbonyl (C=O) groups is 2. The first-order chi connectivity index (χ1) is 12.5. The summed E-state index contributed by atoms with van der Waals surface area (Å²) in [5.74, 6) is -0.744. The van der Waals surface area contributed by atoms with Gasteiger partial charge in [-0.1, -0.05) is 37.3 Å². The van der Waals surface area contributed by atoms with Gasteiger partial charge >= 0.3 is 11.8 Å². The van der Waals surface area contributed by atoms with Gasteiger partial charge in [-0.2, -0.15) is 0 Å². The molecule has 1 aliphatic rings. The highest BCUT2D eigenvalue weighted by molar-refractivity contribution is 6.39. The van der Waals surface area contributed by atoms with Gasteiger partial charge in [-0.25, -0.2) is 0 Å². The Kier molecular flexibility index (Phi) is 5.35. The summed E-state index contributed by atoms with van der Waals surface area (Å²) >= 11 is 0. The number of pyridine rings is 1. The minimum Gasteiger partial charge on any atom is -0.324 e. The summed E-state index contributed by atoms with van der Waals surface area (Å²) in [7, 11) is 0. The molecule has 5 nitrogen and oxygen atoms in total. The molecule has 1 saturated heterocycles. The normalized spacial score (nSPS) is 22.7. The number of amides is 2. The van der Waals surface area contributed by atoms with E-state index in [2.05, 4.69) is 17.2 Å². The van der Waals surface area contributed by atoms with E-state index in [0.29, 0.717) is 11.6 Å². The van der Waals surface area contributed by atoms with Crippen LogP contribution in [0, 0.1) is 12.8 Å². The number of hydrogen-bond acceptors (Lipinski definition) is 3. The predicted octanol–water partition coefficient (Wildman–Crippen LogP) is 3.72. The number of aromatic nitrogens is 1. The maximum Gasteiger partial charge on any atom is 0.313 e. The monoisotopic (exact) mass is 351 g/mol. The lowest BCUT2D eigenvalue weighted by Gasteiger charge is -2.44. The van der Waals surface area contributed by atoms with Crippen LogP contribution in [0.4, 0.5) is 5.69 Å². The number of rotatable bonds is 2. The number of piperidine rings is 1. The number of anilines is 1. The van der Waals surface area contributed by atoms with Crippen LogP contribution in [-0.4, -0.2) is 27.7 Å². The van der Waals surface area contributed by atoms with Crippen LogP contribution < -0.4 is 5.32 Å². The Bertz CT molecular complexity index is 791. The Balaban J connectivity index is 1.84. The largest absolute Gasteiger partial charge is 0.324 e. The molecule has 136 valence electrons. The first kappa shape index (κ1) is 18.1. The van der Waals surface area contributed by atoms with Gasteiger partial charge in [-0.05, 0) is 49.8 Å². The number of benzene rings is 1. The number of aryl methyl sites for hydroxylation is 1. The van der Waals surface area contributed by atoms with Crippen LogP contribution in [0.3, 0.4) is 0 Å². The Morgan fingerprint density at radius 3 is 2.54 bits per heavy atom. The van der Waals surface area contributed by atoms with Gasteiger partial charge in [0.15, 0.2) is 0 Å². The van der Waals surface area contributed by atoms with E-state index in [1.807, 2.05) is 44.2 Å². The van der Waals surface area contributed by atoms with Crippen molar-refractivity contribution in [1.82, 2.24) is 9.88 Å². The second kappa shape index (κ2) is 7.68. The summed E-state index contributed by atoms with van der Waals surface area (Å²) in [4.78, 5) is 31.5. The van der Waals surface area contributed by atoms with E-state index in [9.17, 15) is 9.59 Å². The summed E-state index contributed by atoms with van der Waals surface area (Å²) in [6, 6.07) is 11.7. The molecule has 0 bridgehead atoms. The van der Waals surface area contributed by atoms with Gasteiger partial charge in [-0.15, -0.1) is 0 Å². The first-order valence-corrected chi connectivity index (χ1v) is 9.07. The van der Waals surface area contributed by atoms with E-state index in [0.717, 1.165) is 24.0 Å². The van der Waals surface area contributed by atoms with Crippen molar-refractivity contribution in [2.75, 3.05) is 5.32 Å². The maximum atomic E-state index is 13.0. The van der Waals surface area contributed by atoms with E-state index in [-0.39, 0.29) is 12.1 Å². The molecule has 1 N–H and O–H groups in total. The topological polar surface area (TPSA) is 62.3 Å². The molecular weight excluding hydrogens is 326 g/mol. The molecule has 0 unspecified atom stereocenters. The third kappa shape index (κ3) is 3.77. The first-order valence-electron chi connectivity index (χ1n) is 9.07. The second-order valence-corrected chi connectivity index (χ2v) is 7.14.